The van der Waals surface area contributed by atoms with E-state index in [1.54, 1.807) is 0 Å². The Bertz CT molecular complexity index is 3340. The lowest BCUT2D eigenvalue weighted by Gasteiger charge is -2.47. The number of benzene rings is 7. The van der Waals surface area contributed by atoms with Gasteiger partial charge >= 0.3 is 0 Å². The Labute approximate surface area is 429 Å². The number of nitrogens with zero attached hydrogens (tertiary/aromatic N) is 3. The monoisotopic (exact) mass is 950 g/mol. The van der Waals surface area contributed by atoms with Crippen molar-refractivity contribution in [1.82, 2.24) is 0 Å². The smallest absolute Gasteiger partial charge is 0.264 e. The van der Waals surface area contributed by atoms with Gasteiger partial charge in [-0.25, -0.2) is 0 Å². The van der Waals surface area contributed by atoms with Crippen molar-refractivity contribution < 1.29 is 0 Å². The van der Waals surface area contributed by atoms with Crippen LogP contribution in [0.5, 0.6) is 0 Å². The number of para-hydroxylation sites is 2. The van der Waals surface area contributed by atoms with E-state index >= 15 is 0 Å². The van der Waals surface area contributed by atoms with Gasteiger partial charge in [-0.3, -0.25) is 0 Å². The third-order valence-corrected chi connectivity index (χ3v) is 17.6. The van der Waals surface area contributed by atoms with Gasteiger partial charge in [0.05, 0.1) is 11.4 Å². The number of thiophene rings is 1. The van der Waals surface area contributed by atoms with E-state index in [1.165, 1.54) is 110 Å². The van der Waals surface area contributed by atoms with Crippen LogP contribution in [0.3, 0.4) is 0 Å². The van der Waals surface area contributed by atoms with Crippen LogP contribution in [0.2, 0.25) is 0 Å². The van der Waals surface area contributed by atoms with Crippen molar-refractivity contribution in [2.45, 2.75) is 144 Å². The van der Waals surface area contributed by atoms with Gasteiger partial charge in [-0.2, -0.15) is 0 Å². The summed E-state index contributed by atoms with van der Waals surface area (Å²) < 4.78 is 2.73. The Hall–Kier alpha value is -6.04. The zero-order valence-corrected chi connectivity index (χ0v) is 45.8. The largest absolute Gasteiger partial charge is 0.311 e. The SMILES string of the molecule is Cc1ccccc1N(c1cc2c3c(c1)N(c1ccc(C(C)(C)C)cc1)c1c(sc4ccccc14)B3c1cc3c(cc1N2c1cc(C(C)(C)C)cc(C(C)(C)C)c1)C(C)(C)CCC3(C)C)c1ccccc1C. The van der Waals surface area contributed by atoms with Crippen LogP contribution in [0.15, 0.2) is 140 Å². The van der Waals surface area contributed by atoms with E-state index in [-0.39, 0.29) is 33.8 Å². The molecule has 3 aliphatic rings. The second kappa shape index (κ2) is 16.2. The van der Waals surface area contributed by atoms with Gasteiger partial charge in [0.25, 0.3) is 6.71 Å². The van der Waals surface area contributed by atoms with Crippen LogP contribution in [0.1, 0.15) is 142 Å². The molecule has 0 amide bonds. The summed E-state index contributed by atoms with van der Waals surface area (Å²) in [6.45, 7) is 35.6. The molecular weight excluding hydrogens is 878 g/mol. The zero-order chi connectivity index (χ0) is 50.3. The van der Waals surface area contributed by atoms with E-state index in [0.29, 0.717) is 0 Å². The van der Waals surface area contributed by atoms with Gasteiger partial charge in [0.2, 0.25) is 0 Å². The molecule has 0 atom stereocenters. The van der Waals surface area contributed by atoms with Crippen LogP contribution < -0.4 is 30.4 Å². The maximum atomic E-state index is 2.71. The molecule has 0 radical (unpaired) electrons. The first-order valence-electron chi connectivity index (χ1n) is 26.1. The first-order chi connectivity index (χ1) is 33.4. The molecule has 1 aromatic heterocycles. The number of rotatable bonds is 5. The van der Waals surface area contributed by atoms with Crippen molar-refractivity contribution in [2.75, 3.05) is 14.7 Å². The molecule has 1 aliphatic carbocycles. The Balaban J connectivity index is 1.34. The van der Waals surface area contributed by atoms with E-state index in [1.807, 2.05) is 11.3 Å². The maximum absolute atomic E-state index is 2.71. The summed E-state index contributed by atoms with van der Waals surface area (Å²) in [6, 6.07) is 54.5. The molecular formula is C66H72BN3S. The minimum Gasteiger partial charge on any atom is -0.311 e. The van der Waals surface area contributed by atoms with Crippen molar-refractivity contribution >= 4 is 95.0 Å². The van der Waals surface area contributed by atoms with E-state index in [4.69, 9.17) is 0 Å². The van der Waals surface area contributed by atoms with Gasteiger partial charge < -0.3 is 14.7 Å². The highest BCUT2D eigenvalue weighted by atomic mass is 32.1. The summed E-state index contributed by atoms with van der Waals surface area (Å²) in [5, 5.41) is 1.30. The second-order valence-electron chi connectivity index (χ2n) is 25.5. The number of hydrogen-bond donors (Lipinski definition) is 0. The lowest BCUT2D eigenvalue weighted by Crippen LogP contribution is -2.61. The number of anilines is 9. The van der Waals surface area contributed by atoms with Crippen molar-refractivity contribution in [1.29, 1.82) is 0 Å². The van der Waals surface area contributed by atoms with Crippen LogP contribution in [0.4, 0.5) is 51.2 Å². The summed E-state index contributed by atoms with van der Waals surface area (Å²) in [5.74, 6) is 0. The number of fused-ring (bicyclic) bond motifs is 7. The lowest BCUT2D eigenvalue weighted by molar-refractivity contribution is 0.332. The summed E-state index contributed by atoms with van der Waals surface area (Å²) in [4.78, 5) is 7.90. The predicted molar refractivity (Wildman–Crippen MR) is 311 cm³/mol. The second-order valence-corrected chi connectivity index (χ2v) is 26.6. The fourth-order valence-electron chi connectivity index (χ4n) is 11.9. The van der Waals surface area contributed by atoms with E-state index in [0.717, 1.165) is 18.5 Å². The molecule has 0 unspecified atom stereocenters. The highest BCUT2D eigenvalue weighted by Gasteiger charge is 2.48. The molecule has 7 aromatic carbocycles. The minimum absolute atomic E-state index is 0.00203. The minimum atomic E-state index is -0.0746. The predicted octanol–water partition coefficient (Wildman–Crippen LogP) is 17.3. The van der Waals surface area contributed by atoms with Gasteiger partial charge in [-0.1, -0.05) is 169 Å². The highest BCUT2D eigenvalue weighted by Crippen LogP contribution is 2.54. The molecule has 360 valence electrons. The quantitative estimate of drug-likeness (QED) is 0.159. The zero-order valence-electron chi connectivity index (χ0n) is 45.0. The average Bonchev–Trinajstić information content (AvgIpc) is 3.69. The molecule has 11 rings (SSSR count). The van der Waals surface area contributed by atoms with Gasteiger partial charge in [0, 0.05) is 54.7 Å². The van der Waals surface area contributed by atoms with Gasteiger partial charge in [0.1, 0.15) is 0 Å². The molecule has 0 saturated heterocycles. The maximum Gasteiger partial charge on any atom is 0.264 e. The first-order valence-corrected chi connectivity index (χ1v) is 26.9. The Morgan fingerprint density at radius 1 is 0.507 bits per heavy atom. The highest BCUT2D eigenvalue weighted by molar-refractivity contribution is 7.33. The Morgan fingerprint density at radius 3 is 1.56 bits per heavy atom. The molecule has 0 fully saturated rings. The van der Waals surface area contributed by atoms with Crippen LogP contribution in [-0.4, -0.2) is 6.71 Å². The molecule has 3 heterocycles. The third kappa shape index (κ3) is 7.75. The average molecular weight is 950 g/mol. The topological polar surface area (TPSA) is 9.72 Å². The summed E-state index contributed by atoms with van der Waals surface area (Å²) >= 11 is 1.99. The van der Waals surface area contributed by atoms with Crippen LogP contribution in [-0.2, 0) is 27.1 Å². The lowest BCUT2D eigenvalue weighted by atomic mass is 9.35. The van der Waals surface area contributed by atoms with Crippen molar-refractivity contribution in [2.24, 2.45) is 0 Å². The summed E-state index contributed by atoms with van der Waals surface area (Å²) in [5.41, 5.74) is 23.1. The van der Waals surface area contributed by atoms with E-state index < -0.39 is 0 Å². The first kappa shape index (κ1) is 47.3. The Morgan fingerprint density at radius 2 is 1.01 bits per heavy atom. The molecule has 2 aliphatic heterocycles. The van der Waals surface area contributed by atoms with Crippen LogP contribution in [0, 0.1) is 13.8 Å². The fraction of sp³-hybridized carbons (Fsp3) is 0.333. The fourth-order valence-corrected chi connectivity index (χ4v) is 13.2. The summed E-state index contributed by atoms with van der Waals surface area (Å²) in [7, 11) is 0. The molecule has 3 nitrogen and oxygen atoms in total. The normalized spacial score (nSPS) is 15.8. The molecule has 8 aromatic rings. The third-order valence-electron chi connectivity index (χ3n) is 16.4. The molecule has 0 bridgehead atoms. The van der Waals surface area contributed by atoms with E-state index in [2.05, 4.69) is 258 Å². The van der Waals surface area contributed by atoms with Gasteiger partial charge in [-0.05, 0) is 164 Å². The molecule has 0 spiro atoms. The van der Waals surface area contributed by atoms with Gasteiger partial charge in [-0.15, -0.1) is 11.3 Å². The van der Waals surface area contributed by atoms with E-state index in [9.17, 15) is 0 Å². The number of aryl methyl sites for hydroxylation is 2. The molecule has 0 saturated carbocycles. The van der Waals surface area contributed by atoms with Crippen molar-refractivity contribution in [3.63, 3.8) is 0 Å². The molecule has 5 heteroatoms. The standard InChI is InChI=1S/C66H72BN3S/c1-41-22-16-19-25-53(41)68(54-26-20-17-23-42(54)2)48-37-56-59-57(38-48)70(46-30-28-43(29-31-46)62(3,4)5)60-49-24-18-21-27-58(49)71-61(60)67(59)52-39-50-51(66(14,15)33-32-65(50,12)13)40-55(52)69(56)47-35-44(63(6,7)8)34-45(36-47)64(9,10)11/h16-31,34-40H,32-33H2,1-15H3. The Kier molecular flexibility index (Phi) is 10.8. The molecule has 71 heavy (non-hydrogen) atoms. The van der Waals surface area contributed by atoms with Gasteiger partial charge in [0.15, 0.2) is 0 Å². The molecule has 0 N–H and O–H groups in total. The summed E-state index contributed by atoms with van der Waals surface area (Å²) in [6.07, 6.45) is 2.31. The van der Waals surface area contributed by atoms with Crippen molar-refractivity contribution in [3.8, 4) is 0 Å². The number of hydrogen-bond acceptors (Lipinski definition) is 4. The van der Waals surface area contributed by atoms with Crippen LogP contribution >= 0.6 is 11.3 Å². The van der Waals surface area contributed by atoms with Crippen LogP contribution in [0.25, 0.3) is 10.1 Å². The van der Waals surface area contributed by atoms with Crippen molar-refractivity contribution in [3.05, 3.63) is 178 Å².